The quantitative estimate of drug-likeness (QED) is 0.178. The van der Waals surface area contributed by atoms with Gasteiger partial charge in [-0.3, -0.25) is 0 Å². The maximum atomic E-state index is 5.14. The molecule has 0 N–H and O–H groups in total. The van der Waals surface area contributed by atoms with Crippen LogP contribution >= 0.6 is 0 Å². The number of para-hydroxylation sites is 4. The topological polar surface area (TPSA) is 35.1 Å². The molecule has 0 fully saturated rings. The first-order chi connectivity index (χ1) is 27.8. The third-order valence-electron chi connectivity index (χ3n) is 11.5. The molecule has 4 nitrogen and oxygen atoms in total. The van der Waals surface area contributed by atoms with Crippen molar-refractivity contribution in [2.24, 2.45) is 0 Å². The molecule has 8 aromatic carbocycles. The summed E-state index contributed by atoms with van der Waals surface area (Å²) >= 11 is 0. The summed E-state index contributed by atoms with van der Waals surface area (Å²) in [5.41, 5.74) is 14.5. The fourth-order valence-corrected chi connectivity index (χ4v) is 8.89. The van der Waals surface area contributed by atoms with Gasteiger partial charge in [0.05, 0.1) is 39.0 Å². The van der Waals surface area contributed by atoms with Gasteiger partial charge in [-0.05, 0) is 65.7 Å². The van der Waals surface area contributed by atoms with Crippen LogP contribution in [0, 0.1) is 0 Å². The van der Waals surface area contributed by atoms with Gasteiger partial charge in [-0.1, -0.05) is 140 Å². The lowest BCUT2D eigenvalue weighted by Gasteiger charge is -2.12. The lowest BCUT2D eigenvalue weighted by atomic mass is 9.98. The van der Waals surface area contributed by atoms with E-state index in [1.54, 1.807) is 0 Å². The number of aromatic nitrogens is 4. The summed E-state index contributed by atoms with van der Waals surface area (Å²) in [6.45, 7) is 0. The molecular weight excluding hydrogens is 681 g/mol. The van der Waals surface area contributed by atoms with Gasteiger partial charge in [-0.15, -0.1) is 0 Å². The van der Waals surface area contributed by atoms with E-state index in [1.165, 1.54) is 71.0 Å². The first-order valence-corrected chi connectivity index (χ1v) is 19.1. The van der Waals surface area contributed by atoms with Crippen LogP contribution in [0.5, 0.6) is 0 Å². The minimum Gasteiger partial charge on any atom is -0.309 e. The van der Waals surface area contributed by atoms with Crippen LogP contribution in [0.15, 0.2) is 194 Å². The van der Waals surface area contributed by atoms with Crippen molar-refractivity contribution >= 4 is 59.9 Å². The summed E-state index contributed by atoms with van der Waals surface area (Å²) in [5.74, 6) is 0.706. The Morgan fingerprint density at radius 1 is 0.304 bits per heavy atom. The van der Waals surface area contributed by atoms with Gasteiger partial charge in [-0.2, -0.15) is 0 Å². The Morgan fingerprint density at radius 2 is 0.732 bits per heavy atom. The van der Waals surface area contributed by atoms with Crippen LogP contribution < -0.4 is 0 Å². The molecule has 0 amide bonds. The van der Waals surface area contributed by atoms with Crippen molar-refractivity contribution in [2.45, 2.75) is 0 Å². The predicted octanol–water partition coefficient (Wildman–Crippen LogP) is 13.4. The Kier molecular flexibility index (Phi) is 6.60. The highest BCUT2D eigenvalue weighted by atomic mass is 15.0. The Morgan fingerprint density at radius 3 is 1.27 bits per heavy atom. The number of nitrogens with zero attached hydrogens (tertiary/aromatic N) is 4. The Balaban J connectivity index is 0.960. The fraction of sp³-hybridized carbons (Fsp3) is 0. The van der Waals surface area contributed by atoms with Crippen LogP contribution in [0.2, 0.25) is 0 Å². The Bertz CT molecular complexity index is 3310. The molecule has 0 bridgehead atoms. The van der Waals surface area contributed by atoms with Gasteiger partial charge in [0.2, 0.25) is 0 Å². The second-order valence-electron chi connectivity index (χ2n) is 14.6. The van der Waals surface area contributed by atoms with Gasteiger partial charge in [0.1, 0.15) is 0 Å². The summed E-state index contributed by atoms with van der Waals surface area (Å²) in [7, 11) is 0. The molecular formula is C52H32N4. The highest BCUT2D eigenvalue weighted by molar-refractivity contribution is 6.24. The summed E-state index contributed by atoms with van der Waals surface area (Å²) in [5, 5.41) is 7.63. The predicted molar refractivity (Wildman–Crippen MR) is 233 cm³/mol. The molecule has 0 unspecified atom stereocenters. The SMILES string of the molecule is c1ccc(-c2nc(-c3ccc(-c4cc5c6ccccc6n6c7ccccc7c(c4)c56)cc3)cc(-c3ccc(-n4c5ccccc5c5ccccc54)cc3)n2)cc1. The van der Waals surface area contributed by atoms with E-state index in [1.807, 2.05) is 18.2 Å². The zero-order valence-corrected chi connectivity index (χ0v) is 30.3. The van der Waals surface area contributed by atoms with E-state index in [-0.39, 0.29) is 0 Å². The monoisotopic (exact) mass is 712 g/mol. The van der Waals surface area contributed by atoms with Crippen LogP contribution in [-0.4, -0.2) is 18.9 Å². The molecule has 0 aliphatic heterocycles. The first-order valence-electron chi connectivity index (χ1n) is 19.1. The van der Waals surface area contributed by atoms with Gasteiger partial charge in [0.25, 0.3) is 0 Å². The molecule has 0 radical (unpaired) electrons. The average molecular weight is 713 g/mol. The minimum absolute atomic E-state index is 0.706. The molecule has 0 saturated heterocycles. The van der Waals surface area contributed by atoms with Crippen molar-refractivity contribution in [1.29, 1.82) is 0 Å². The van der Waals surface area contributed by atoms with Gasteiger partial charge >= 0.3 is 0 Å². The molecule has 12 aromatic rings. The summed E-state index contributed by atoms with van der Waals surface area (Å²) < 4.78 is 4.77. The van der Waals surface area contributed by atoms with Crippen LogP contribution in [0.3, 0.4) is 0 Å². The highest BCUT2D eigenvalue weighted by Crippen LogP contribution is 2.42. The maximum absolute atomic E-state index is 5.14. The third-order valence-corrected chi connectivity index (χ3v) is 11.5. The molecule has 4 heteroatoms. The molecule has 0 aliphatic carbocycles. The summed E-state index contributed by atoms with van der Waals surface area (Å²) in [6, 6.07) is 69.4. The van der Waals surface area contributed by atoms with Crippen LogP contribution in [0.4, 0.5) is 0 Å². The smallest absolute Gasteiger partial charge is 0.160 e. The average Bonchev–Trinajstić information content (AvgIpc) is 3.92. The molecule has 0 saturated carbocycles. The standard InChI is InChI=1S/C52H32N4/c1-2-12-36(13-3-1)52-53-45(32-46(54-52)35-26-28-38(29-27-35)55-47-18-8-4-14-39(47)40-15-5-9-19-48(40)55)34-24-22-33(23-25-34)37-30-43-41-16-6-10-20-49(41)56-50-21-11-7-17-42(50)44(31-37)51(43)56/h1-32H. The second-order valence-corrected chi connectivity index (χ2v) is 14.6. The Labute approximate surface area is 322 Å². The fourth-order valence-electron chi connectivity index (χ4n) is 8.89. The number of hydrogen-bond donors (Lipinski definition) is 0. The second kappa shape index (κ2) is 12.0. The van der Waals surface area contributed by atoms with Crippen molar-refractivity contribution in [1.82, 2.24) is 18.9 Å². The van der Waals surface area contributed by atoms with E-state index in [0.29, 0.717) is 5.82 Å². The number of rotatable bonds is 5. The van der Waals surface area contributed by atoms with Gasteiger partial charge in [0.15, 0.2) is 5.82 Å². The van der Waals surface area contributed by atoms with Gasteiger partial charge < -0.3 is 8.97 Å². The Hall–Kier alpha value is -7.56. The van der Waals surface area contributed by atoms with E-state index in [9.17, 15) is 0 Å². The van der Waals surface area contributed by atoms with Gasteiger partial charge in [0, 0.05) is 54.7 Å². The zero-order chi connectivity index (χ0) is 36.7. The molecule has 4 aromatic heterocycles. The number of benzene rings is 8. The summed E-state index contributed by atoms with van der Waals surface area (Å²) in [6.07, 6.45) is 0. The summed E-state index contributed by atoms with van der Waals surface area (Å²) in [4.78, 5) is 10.3. The number of fused-ring (bicyclic) bond motifs is 9. The molecule has 0 spiro atoms. The van der Waals surface area contributed by atoms with Crippen LogP contribution in [0.25, 0.3) is 111 Å². The molecule has 0 atom stereocenters. The third kappa shape index (κ3) is 4.60. The lowest BCUT2D eigenvalue weighted by Crippen LogP contribution is -1.97. The van der Waals surface area contributed by atoms with Crippen molar-refractivity contribution in [3.05, 3.63) is 194 Å². The van der Waals surface area contributed by atoms with E-state index in [2.05, 4.69) is 185 Å². The largest absolute Gasteiger partial charge is 0.309 e. The van der Waals surface area contributed by atoms with Crippen LogP contribution in [-0.2, 0) is 0 Å². The van der Waals surface area contributed by atoms with Crippen molar-refractivity contribution in [3.63, 3.8) is 0 Å². The molecule has 56 heavy (non-hydrogen) atoms. The minimum atomic E-state index is 0.706. The first kappa shape index (κ1) is 30.9. The van der Waals surface area contributed by atoms with E-state index < -0.39 is 0 Å². The van der Waals surface area contributed by atoms with E-state index in [4.69, 9.17) is 9.97 Å². The van der Waals surface area contributed by atoms with Crippen molar-refractivity contribution < 1.29 is 0 Å². The maximum Gasteiger partial charge on any atom is 0.160 e. The molecule has 4 heterocycles. The lowest BCUT2D eigenvalue weighted by molar-refractivity contribution is 1.17. The number of hydrogen-bond acceptors (Lipinski definition) is 2. The molecule has 12 rings (SSSR count). The molecule has 0 aliphatic rings. The highest BCUT2D eigenvalue weighted by Gasteiger charge is 2.19. The molecule has 260 valence electrons. The van der Waals surface area contributed by atoms with Gasteiger partial charge in [-0.25, -0.2) is 9.97 Å². The van der Waals surface area contributed by atoms with E-state index in [0.717, 1.165) is 33.8 Å². The van der Waals surface area contributed by atoms with Crippen LogP contribution in [0.1, 0.15) is 0 Å². The van der Waals surface area contributed by atoms with Crippen molar-refractivity contribution in [2.75, 3.05) is 0 Å². The normalized spacial score (nSPS) is 11.9. The van der Waals surface area contributed by atoms with Crippen molar-refractivity contribution in [3.8, 4) is 50.7 Å². The zero-order valence-electron chi connectivity index (χ0n) is 30.3. The van der Waals surface area contributed by atoms with E-state index >= 15 is 0 Å².